The number of nitro benzene ring substituents is 1. The van der Waals surface area contributed by atoms with Crippen molar-refractivity contribution in [1.82, 2.24) is 5.32 Å². The normalized spacial score (nSPS) is 9.89. The molecule has 0 radical (unpaired) electrons. The van der Waals surface area contributed by atoms with Crippen molar-refractivity contribution in [3.05, 3.63) is 33.9 Å². The van der Waals surface area contributed by atoms with Crippen LogP contribution in [-0.4, -0.2) is 23.9 Å². The topological polar surface area (TPSA) is 84.3 Å². The summed E-state index contributed by atoms with van der Waals surface area (Å²) in [6, 6.07) is 4.25. The first-order valence-corrected chi connectivity index (χ1v) is 5.90. The van der Waals surface area contributed by atoms with Gasteiger partial charge in [-0.1, -0.05) is 6.92 Å². The Morgan fingerprint density at radius 3 is 2.67 bits per heavy atom. The molecule has 1 aromatic carbocycles. The Balaban J connectivity index is 3.09. The molecular weight excluding hydrogens is 234 g/mol. The summed E-state index contributed by atoms with van der Waals surface area (Å²) in [4.78, 5) is 22.0. The number of rotatable bonds is 6. The Morgan fingerprint density at radius 2 is 2.11 bits per heavy atom. The molecule has 1 rings (SSSR count). The fraction of sp³-hybridized carbons (Fsp3) is 0.417. The molecule has 0 aliphatic carbocycles. The van der Waals surface area contributed by atoms with Gasteiger partial charge in [0.05, 0.1) is 10.5 Å². The molecule has 1 aromatic rings. The Labute approximate surface area is 106 Å². The summed E-state index contributed by atoms with van der Waals surface area (Å²) >= 11 is 0. The number of nitrogens with zero attached hydrogens (tertiary/aromatic N) is 1. The van der Waals surface area contributed by atoms with Crippen LogP contribution in [0.3, 0.4) is 0 Å². The quantitative estimate of drug-likeness (QED) is 0.599. The number of anilines is 1. The van der Waals surface area contributed by atoms with Gasteiger partial charge < -0.3 is 10.6 Å². The molecule has 0 heterocycles. The minimum absolute atomic E-state index is 0.0849. The first-order valence-electron chi connectivity index (χ1n) is 5.90. The van der Waals surface area contributed by atoms with Crippen LogP contribution in [0.4, 0.5) is 11.4 Å². The van der Waals surface area contributed by atoms with E-state index in [1.165, 1.54) is 12.1 Å². The monoisotopic (exact) mass is 251 g/mol. The second-order valence-electron chi connectivity index (χ2n) is 3.77. The number of nitro groups is 1. The van der Waals surface area contributed by atoms with E-state index < -0.39 is 4.92 Å². The third-order valence-corrected chi connectivity index (χ3v) is 2.36. The van der Waals surface area contributed by atoms with Crippen LogP contribution in [0.15, 0.2) is 18.2 Å². The van der Waals surface area contributed by atoms with Gasteiger partial charge in [0.15, 0.2) is 0 Å². The number of hydrogen-bond acceptors (Lipinski definition) is 4. The maximum absolute atomic E-state index is 11.8. The third kappa shape index (κ3) is 3.44. The van der Waals surface area contributed by atoms with Gasteiger partial charge in [-0.05, 0) is 19.4 Å². The van der Waals surface area contributed by atoms with E-state index in [0.29, 0.717) is 24.3 Å². The van der Waals surface area contributed by atoms with Gasteiger partial charge in [0, 0.05) is 30.9 Å². The fourth-order valence-corrected chi connectivity index (χ4v) is 1.50. The molecule has 0 aliphatic rings. The Kier molecular flexibility index (Phi) is 5.10. The zero-order valence-electron chi connectivity index (χ0n) is 10.5. The average Bonchev–Trinajstić information content (AvgIpc) is 2.36. The summed E-state index contributed by atoms with van der Waals surface area (Å²) < 4.78 is 0. The van der Waals surface area contributed by atoms with Crippen LogP contribution >= 0.6 is 0 Å². The lowest BCUT2D eigenvalue weighted by atomic mass is 10.1. The SMILES string of the molecule is CCCNc1ccc([N+](=O)[O-])cc1C(=O)NCC. The van der Waals surface area contributed by atoms with E-state index in [-0.39, 0.29) is 11.6 Å². The first kappa shape index (κ1) is 14.0. The maximum Gasteiger partial charge on any atom is 0.270 e. The lowest BCUT2D eigenvalue weighted by Crippen LogP contribution is -2.24. The summed E-state index contributed by atoms with van der Waals surface area (Å²) in [7, 11) is 0. The maximum atomic E-state index is 11.8. The second-order valence-corrected chi connectivity index (χ2v) is 3.77. The van der Waals surface area contributed by atoms with E-state index >= 15 is 0 Å². The second kappa shape index (κ2) is 6.58. The highest BCUT2D eigenvalue weighted by Crippen LogP contribution is 2.22. The molecular formula is C12H17N3O3. The van der Waals surface area contributed by atoms with Crippen LogP contribution in [0.5, 0.6) is 0 Å². The first-order chi connectivity index (χ1) is 8.60. The molecule has 0 spiro atoms. The molecule has 6 nitrogen and oxygen atoms in total. The van der Waals surface area contributed by atoms with E-state index in [0.717, 1.165) is 6.42 Å². The number of carbonyl (C=O) groups excluding carboxylic acids is 1. The number of amides is 1. The van der Waals surface area contributed by atoms with E-state index in [9.17, 15) is 14.9 Å². The van der Waals surface area contributed by atoms with Crippen LogP contribution in [0.25, 0.3) is 0 Å². The number of carbonyl (C=O) groups is 1. The van der Waals surface area contributed by atoms with E-state index in [1.807, 2.05) is 6.92 Å². The number of benzene rings is 1. The Bertz CT molecular complexity index is 446. The van der Waals surface area contributed by atoms with Crippen molar-refractivity contribution in [2.45, 2.75) is 20.3 Å². The van der Waals surface area contributed by atoms with Gasteiger partial charge in [0.25, 0.3) is 11.6 Å². The minimum atomic E-state index is -0.508. The number of non-ortho nitro benzene ring substituents is 1. The van der Waals surface area contributed by atoms with Crippen molar-refractivity contribution in [3.8, 4) is 0 Å². The van der Waals surface area contributed by atoms with Crippen LogP contribution < -0.4 is 10.6 Å². The van der Waals surface area contributed by atoms with E-state index in [1.54, 1.807) is 13.0 Å². The summed E-state index contributed by atoms with van der Waals surface area (Å²) in [6.45, 7) is 5.00. The van der Waals surface area contributed by atoms with Crippen LogP contribution in [0.2, 0.25) is 0 Å². The molecule has 0 aliphatic heterocycles. The Morgan fingerprint density at radius 1 is 1.39 bits per heavy atom. The minimum Gasteiger partial charge on any atom is -0.384 e. The van der Waals surface area contributed by atoms with Gasteiger partial charge in [0.1, 0.15) is 0 Å². The van der Waals surface area contributed by atoms with Crippen molar-refractivity contribution < 1.29 is 9.72 Å². The zero-order chi connectivity index (χ0) is 13.5. The van der Waals surface area contributed by atoms with Crippen LogP contribution in [-0.2, 0) is 0 Å². The predicted molar refractivity (Wildman–Crippen MR) is 69.9 cm³/mol. The molecule has 0 bridgehead atoms. The van der Waals surface area contributed by atoms with Crippen molar-refractivity contribution in [1.29, 1.82) is 0 Å². The standard InChI is InChI=1S/C12H17N3O3/c1-3-7-14-11-6-5-9(15(17)18)8-10(11)12(16)13-4-2/h5-6,8,14H,3-4,7H2,1-2H3,(H,13,16). The fourth-order valence-electron chi connectivity index (χ4n) is 1.50. The average molecular weight is 251 g/mol. The highest BCUT2D eigenvalue weighted by atomic mass is 16.6. The molecule has 0 fully saturated rings. The van der Waals surface area contributed by atoms with Gasteiger partial charge in [-0.2, -0.15) is 0 Å². The molecule has 2 N–H and O–H groups in total. The van der Waals surface area contributed by atoms with Gasteiger partial charge >= 0.3 is 0 Å². The van der Waals surface area contributed by atoms with Gasteiger partial charge in [0.2, 0.25) is 0 Å². The molecule has 18 heavy (non-hydrogen) atoms. The summed E-state index contributed by atoms with van der Waals surface area (Å²) in [5.41, 5.74) is 0.839. The van der Waals surface area contributed by atoms with E-state index in [4.69, 9.17) is 0 Å². The molecule has 98 valence electrons. The number of nitrogens with one attached hydrogen (secondary N) is 2. The van der Waals surface area contributed by atoms with Crippen molar-refractivity contribution >= 4 is 17.3 Å². The molecule has 0 saturated carbocycles. The molecule has 0 saturated heterocycles. The number of hydrogen-bond donors (Lipinski definition) is 2. The van der Waals surface area contributed by atoms with Crippen molar-refractivity contribution in [3.63, 3.8) is 0 Å². The molecule has 6 heteroatoms. The molecule has 0 atom stereocenters. The highest BCUT2D eigenvalue weighted by molar-refractivity contribution is 6.00. The highest BCUT2D eigenvalue weighted by Gasteiger charge is 2.15. The van der Waals surface area contributed by atoms with Gasteiger partial charge in [-0.3, -0.25) is 14.9 Å². The molecule has 1 amide bonds. The predicted octanol–water partition coefficient (Wildman–Crippen LogP) is 2.17. The summed E-state index contributed by atoms with van der Waals surface area (Å²) in [5, 5.41) is 16.4. The third-order valence-electron chi connectivity index (χ3n) is 2.36. The van der Waals surface area contributed by atoms with Crippen molar-refractivity contribution in [2.75, 3.05) is 18.4 Å². The summed E-state index contributed by atoms with van der Waals surface area (Å²) in [6.07, 6.45) is 0.909. The summed E-state index contributed by atoms with van der Waals surface area (Å²) in [5.74, 6) is -0.306. The molecule has 0 aromatic heterocycles. The Hall–Kier alpha value is -2.11. The lowest BCUT2D eigenvalue weighted by molar-refractivity contribution is -0.384. The largest absolute Gasteiger partial charge is 0.384 e. The van der Waals surface area contributed by atoms with Crippen LogP contribution in [0, 0.1) is 10.1 Å². The zero-order valence-corrected chi connectivity index (χ0v) is 10.5. The smallest absolute Gasteiger partial charge is 0.270 e. The van der Waals surface area contributed by atoms with E-state index in [2.05, 4.69) is 10.6 Å². The van der Waals surface area contributed by atoms with Crippen LogP contribution in [0.1, 0.15) is 30.6 Å². The van der Waals surface area contributed by atoms with Gasteiger partial charge in [-0.15, -0.1) is 0 Å². The van der Waals surface area contributed by atoms with Gasteiger partial charge in [-0.25, -0.2) is 0 Å². The molecule has 0 unspecified atom stereocenters. The van der Waals surface area contributed by atoms with Crippen molar-refractivity contribution in [2.24, 2.45) is 0 Å². The lowest BCUT2D eigenvalue weighted by Gasteiger charge is -2.10.